The topological polar surface area (TPSA) is 56.2 Å². The van der Waals surface area contributed by atoms with Crippen LogP contribution in [0.15, 0.2) is 6.20 Å². The number of aromatic nitrogens is 2. The molecule has 2 rings (SSSR count). The van der Waals surface area contributed by atoms with Crippen LogP contribution in [0.3, 0.4) is 0 Å². The molecular weight excluding hydrogens is 250 g/mol. The van der Waals surface area contributed by atoms with Crippen LogP contribution in [0, 0.1) is 0 Å². The molecule has 1 unspecified atom stereocenters. The van der Waals surface area contributed by atoms with Gasteiger partial charge < -0.3 is 4.74 Å². The Kier molecular flexibility index (Phi) is 3.77. The fourth-order valence-corrected chi connectivity index (χ4v) is 2.59. The zero-order chi connectivity index (χ0) is 13.3. The summed E-state index contributed by atoms with van der Waals surface area (Å²) in [5, 5.41) is 4.30. The molecule has 0 fully saturated rings. The summed E-state index contributed by atoms with van der Waals surface area (Å²) < 4.78 is 22.4. The van der Waals surface area contributed by atoms with Crippen LogP contribution < -0.4 is 9.46 Å². The van der Waals surface area contributed by atoms with E-state index < -0.39 is 11.0 Å². The molecule has 6 heteroatoms. The van der Waals surface area contributed by atoms with E-state index in [2.05, 4.69) is 9.82 Å². The van der Waals surface area contributed by atoms with Gasteiger partial charge in [-0.3, -0.25) is 0 Å². The molecule has 1 aromatic heterocycles. The minimum atomic E-state index is -1.10. The highest BCUT2D eigenvalue weighted by Gasteiger charge is 2.25. The number of rotatable bonds is 3. The lowest BCUT2D eigenvalue weighted by molar-refractivity contribution is 0.227. The van der Waals surface area contributed by atoms with E-state index in [4.69, 9.17) is 4.74 Å². The van der Waals surface area contributed by atoms with E-state index in [1.54, 1.807) is 6.20 Å². The third-order valence-electron chi connectivity index (χ3n) is 2.88. The first-order chi connectivity index (χ1) is 8.39. The van der Waals surface area contributed by atoms with Gasteiger partial charge in [-0.05, 0) is 27.7 Å². The Labute approximate surface area is 110 Å². The number of fused-ring (bicyclic) bond motifs is 1. The van der Waals surface area contributed by atoms with E-state index in [1.165, 1.54) is 0 Å². The van der Waals surface area contributed by atoms with Crippen LogP contribution in [0.5, 0.6) is 5.88 Å². The lowest BCUT2D eigenvalue weighted by atomic mass is 10.2. The molecular formula is C12H21N3O2S. The molecule has 2 atom stereocenters. The van der Waals surface area contributed by atoms with Crippen molar-refractivity contribution in [3.63, 3.8) is 0 Å². The van der Waals surface area contributed by atoms with Crippen molar-refractivity contribution in [3.8, 4) is 5.88 Å². The average molecular weight is 271 g/mol. The Hall–Kier alpha value is -0.880. The van der Waals surface area contributed by atoms with Gasteiger partial charge in [0, 0.05) is 19.0 Å². The lowest BCUT2D eigenvalue weighted by Crippen LogP contribution is -2.35. The first kappa shape index (κ1) is 13.5. The molecule has 0 aromatic carbocycles. The first-order valence-electron chi connectivity index (χ1n) is 6.26. The second-order valence-corrected chi connectivity index (χ2v) is 7.55. The van der Waals surface area contributed by atoms with Crippen LogP contribution in [0.1, 0.15) is 45.7 Å². The van der Waals surface area contributed by atoms with E-state index in [-0.39, 0.29) is 10.8 Å². The van der Waals surface area contributed by atoms with E-state index in [1.807, 2.05) is 32.4 Å². The van der Waals surface area contributed by atoms with Gasteiger partial charge in [-0.15, -0.1) is 0 Å². The molecule has 0 radical (unpaired) electrons. The van der Waals surface area contributed by atoms with Crippen molar-refractivity contribution in [2.24, 2.45) is 0 Å². The molecule has 0 spiro atoms. The molecule has 0 aliphatic carbocycles. The van der Waals surface area contributed by atoms with Gasteiger partial charge in [0.15, 0.2) is 0 Å². The third kappa shape index (κ3) is 2.75. The minimum absolute atomic E-state index is 0.0353. The van der Waals surface area contributed by atoms with Crippen LogP contribution >= 0.6 is 0 Å². The lowest BCUT2D eigenvalue weighted by Gasteiger charge is -2.23. The molecule has 102 valence electrons. The Morgan fingerprint density at radius 3 is 2.94 bits per heavy atom. The van der Waals surface area contributed by atoms with E-state index in [9.17, 15) is 4.21 Å². The quantitative estimate of drug-likeness (QED) is 0.911. The molecule has 0 saturated carbocycles. The average Bonchev–Trinajstić information content (AvgIpc) is 2.71. The second-order valence-electron chi connectivity index (χ2n) is 5.55. The number of ether oxygens (including phenoxy) is 1. The van der Waals surface area contributed by atoms with E-state index >= 15 is 0 Å². The van der Waals surface area contributed by atoms with Gasteiger partial charge in [0.1, 0.15) is 0 Å². The molecule has 1 aromatic rings. The molecule has 18 heavy (non-hydrogen) atoms. The van der Waals surface area contributed by atoms with Crippen LogP contribution in [-0.4, -0.2) is 25.3 Å². The van der Waals surface area contributed by atoms with E-state index in [0.29, 0.717) is 0 Å². The maximum Gasteiger partial charge on any atom is 0.216 e. The van der Waals surface area contributed by atoms with Crippen LogP contribution in [0.2, 0.25) is 0 Å². The zero-order valence-corrected chi connectivity index (χ0v) is 12.2. The van der Waals surface area contributed by atoms with Crippen molar-refractivity contribution >= 4 is 11.0 Å². The van der Waals surface area contributed by atoms with Crippen molar-refractivity contribution < 1.29 is 8.95 Å². The molecule has 1 N–H and O–H groups in total. The molecule has 0 saturated heterocycles. The standard InChI is InChI=1S/C12H21N3O2S/c1-9(14-18(16)12(2,3)4)10-8-13-15-6-5-7-17-11(10)15/h8-9,14H,5-7H2,1-4H3/t9?,18-/m1/s1. The Morgan fingerprint density at radius 1 is 1.56 bits per heavy atom. The summed E-state index contributed by atoms with van der Waals surface area (Å²) in [6.45, 7) is 9.46. The van der Waals surface area contributed by atoms with Crippen molar-refractivity contribution in [1.82, 2.24) is 14.5 Å². The SMILES string of the molecule is CC(N[S@](=O)C(C)(C)C)c1cnn2c1OCCC2. The normalized spacial score (nSPS) is 18.9. The van der Waals surface area contributed by atoms with Gasteiger partial charge in [-0.2, -0.15) is 5.10 Å². The van der Waals surface area contributed by atoms with E-state index in [0.717, 1.165) is 31.0 Å². The molecule has 5 nitrogen and oxygen atoms in total. The monoisotopic (exact) mass is 271 g/mol. The van der Waals surface area contributed by atoms with Crippen molar-refractivity contribution in [3.05, 3.63) is 11.8 Å². The van der Waals surface area contributed by atoms with Crippen LogP contribution in [0.4, 0.5) is 0 Å². The third-order valence-corrected chi connectivity index (χ3v) is 4.56. The summed E-state index contributed by atoms with van der Waals surface area (Å²) in [6.07, 6.45) is 2.79. The van der Waals surface area contributed by atoms with Gasteiger partial charge >= 0.3 is 0 Å². The molecule has 0 bridgehead atoms. The van der Waals surface area contributed by atoms with Gasteiger partial charge in [0.25, 0.3) is 0 Å². The number of aryl methyl sites for hydroxylation is 1. The molecule has 1 aliphatic rings. The number of nitrogens with zero attached hydrogens (tertiary/aromatic N) is 2. The number of hydrogen-bond acceptors (Lipinski definition) is 3. The fourth-order valence-electron chi connectivity index (χ4n) is 1.79. The first-order valence-corrected chi connectivity index (χ1v) is 7.41. The Morgan fingerprint density at radius 2 is 2.28 bits per heavy atom. The summed E-state index contributed by atoms with van der Waals surface area (Å²) in [5.74, 6) is 0.812. The van der Waals surface area contributed by atoms with Gasteiger partial charge in [-0.1, -0.05) is 0 Å². The minimum Gasteiger partial charge on any atom is -0.478 e. The highest BCUT2D eigenvalue weighted by atomic mass is 32.2. The summed E-state index contributed by atoms with van der Waals surface area (Å²) in [7, 11) is -1.10. The molecule has 2 heterocycles. The maximum atomic E-state index is 12.1. The largest absolute Gasteiger partial charge is 0.478 e. The van der Waals surface area contributed by atoms with Gasteiger partial charge in [0.05, 0.1) is 34.1 Å². The Balaban J connectivity index is 2.12. The predicted molar refractivity (Wildman–Crippen MR) is 71.8 cm³/mol. The van der Waals surface area contributed by atoms with Crippen molar-refractivity contribution in [1.29, 1.82) is 0 Å². The van der Waals surface area contributed by atoms with Gasteiger partial charge in [-0.25, -0.2) is 13.6 Å². The van der Waals surface area contributed by atoms with Crippen LogP contribution in [0.25, 0.3) is 0 Å². The Bertz CT molecular complexity index is 451. The molecule has 1 aliphatic heterocycles. The summed E-state index contributed by atoms with van der Waals surface area (Å²) in [5.41, 5.74) is 0.979. The summed E-state index contributed by atoms with van der Waals surface area (Å²) in [4.78, 5) is 0. The highest BCUT2D eigenvalue weighted by molar-refractivity contribution is 7.84. The van der Waals surface area contributed by atoms with Crippen LogP contribution in [-0.2, 0) is 17.5 Å². The fraction of sp³-hybridized carbons (Fsp3) is 0.750. The predicted octanol–water partition coefficient (Wildman–Crippen LogP) is 1.78. The van der Waals surface area contributed by atoms with Crippen molar-refractivity contribution in [2.75, 3.05) is 6.61 Å². The smallest absolute Gasteiger partial charge is 0.216 e. The zero-order valence-electron chi connectivity index (χ0n) is 11.4. The molecule has 0 amide bonds. The highest BCUT2D eigenvalue weighted by Crippen LogP contribution is 2.28. The maximum absolute atomic E-state index is 12.1. The number of hydrogen-bond donors (Lipinski definition) is 1. The summed E-state index contributed by atoms with van der Waals surface area (Å²) >= 11 is 0. The van der Waals surface area contributed by atoms with Gasteiger partial charge in [0.2, 0.25) is 5.88 Å². The number of nitrogens with one attached hydrogen (secondary N) is 1. The second kappa shape index (κ2) is 5.01. The summed E-state index contributed by atoms with van der Waals surface area (Å²) in [6, 6.07) is -0.0353. The van der Waals surface area contributed by atoms with Crippen molar-refractivity contribution in [2.45, 2.75) is 51.4 Å².